The van der Waals surface area contributed by atoms with Gasteiger partial charge in [0.25, 0.3) is 0 Å². The first-order chi connectivity index (χ1) is 9.39. The SMILES string of the molecule is CO[C@@]1(COC(C)=O)O[C@H](CP(=O)(OC)OC)[C@@H]2O[C@@H]21. The summed E-state index contributed by atoms with van der Waals surface area (Å²) in [5.41, 5.74) is 0. The van der Waals surface area contributed by atoms with Gasteiger partial charge in [0, 0.05) is 28.3 Å². The largest absolute Gasteiger partial charge is 0.460 e. The van der Waals surface area contributed by atoms with E-state index in [9.17, 15) is 9.36 Å². The van der Waals surface area contributed by atoms with Gasteiger partial charge < -0.3 is 28.0 Å². The number of hydrogen-bond acceptors (Lipinski definition) is 8. The molecule has 0 aromatic heterocycles. The highest BCUT2D eigenvalue weighted by atomic mass is 31.2. The van der Waals surface area contributed by atoms with E-state index in [2.05, 4.69) is 0 Å². The van der Waals surface area contributed by atoms with Gasteiger partial charge >= 0.3 is 13.6 Å². The fourth-order valence-corrected chi connectivity index (χ4v) is 3.45. The summed E-state index contributed by atoms with van der Waals surface area (Å²) in [7, 11) is 0.852. The Balaban J connectivity index is 2.03. The monoisotopic (exact) mass is 310 g/mol. The van der Waals surface area contributed by atoms with Crippen molar-refractivity contribution >= 4 is 13.6 Å². The van der Waals surface area contributed by atoms with Crippen molar-refractivity contribution in [2.24, 2.45) is 0 Å². The third-order valence-electron chi connectivity index (χ3n) is 3.46. The number of fused-ring (bicyclic) bond motifs is 1. The summed E-state index contributed by atoms with van der Waals surface area (Å²) in [5.74, 6) is -1.60. The first-order valence-electron chi connectivity index (χ1n) is 6.12. The topological polar surface area (TPSA) is 92.8 Å². The molecule has 8 nitrogen and oxygen atoms in total. The van der Waals surface area contributed by atoms with Crippen molar-refractivity contribution in [2.45, 2.75) is 31.0 Å². The quantitative estimate of drug-likeness (QED) is 0.382. The van der Waals surface area contributed by atoms with Crippen molar-refractivity contribution in [3.63, 3.8) is 0 Å². The molecule has 0 aliphatic carbocycles. The summed E-state index contributed by atoms with van der Waals surface area (Å²) in [6, 6.07) is 0. The Morgan fingerprint density at radius 3 is 2.45 bits per heavy atom. The van der Waals surface area contributed by atoms with Crippen molar-refractivity contribution in [3.8, 4) is 0 Å². The van der Waals surface area contributed by atoms with Gasteiger partial charge in [-0.05, 0) is 0 Å². The predicted octanol–water partition coefficient (Wildman–Crippen LogP) is 0.544. The maximum atomic E-state index is 12.1. The minimum absolute atomic E-state index is 0.0480. The molecule has 0 spiro atoms. The van der Waals surface area contributed by atoms with Gasteiger partial charge in [0.15, 0.2) is 0 Å². The first-order valence-corrected chi connectivity index (χ1v) is 7.85. The van der Waals surface area contributed by atoms with Crippen LogP contribution in [0, 0.1) is 0 Å². The molecule has 2 heterocycles. The lowest BCUT2D eigenvalue weighted by atomic mass is 10.2. The Bertz CT molecular complexity index is 419. The van der Waals surface area contributed by atoms with E-state index in [1.165, 1.54) is 28.3 Å². The molecule has 116 valence electrons. The maximum absolute atomic E-state index is 12.1. The number of ether oxygens (including phenoxy) is 4. The molecule has 0 radical (unpaired) electrons. The Morgan fingerprint density at radius 2 is 1.95 bits per heavy atom. The lowest BCUT2D eigenvalue weighted by Crippen LogP contribution is -2.44. The summed E-state index contributed by atoms with van der Waals surface area (Å²) >= 11 is 0. The van der Waals surface area contributed by atoms with Crippen molar-refractivity contribution in [1.29, 1.82) is 0 Å². The normalized spacial score (nSPS) is 35.7. The lowest BCUT2D eigenvalue weighted by molar-refractivity contribution is -0.263. The smallest absolute Gasteiger partial charge is 0.332 e. The summed E-state index contributed by atoms with van der Waals surface area (Å²) < 4.78 is 43.4. The highest BCUT2D eigenvalue weighted by Crippen LogP contribution is 2.54. The van der Waals surface area contributed by atoms with E-state index in [4.69, 9.17) is 28.0 Å². The zero-order valence-corrected chi connectivity index (χ0v) is 12.8. The van der Waals surface area contributed by atoms with Crippen molar-refractivity contribution in [1.82, 2.24) is 0 Å². The lowest BCUT2D eigenvalue weighted by Gasteiger charge is -2.30. The number of hydrogen-bond donors (Lipinski definition) is 0. The first kappa shape index (κ1) is 15.9. The fourth-order valence-electron chi connectivity index (χ4n) is 2.28. The van der Waals surface area contributed by atoms with Gasteiger partial charge in [-0.2, -0.15) is 0 Å². The third-order valence-corrected chi connectivity index (χ3v) is 5.38. The number of epoxide rings is 1. The molecule has 0 aromatic rings. The number of carbonyl (C=O) groups is 1. The van der Waals surface area contributed by atoms with E-state index in [0.29, 0.717) is 0 Å². The van der Waals surface area contributed by atoms with Crippen LogP contribution in [0.1, 0.15) is 6.92 Å². The third kappa shape index (κ3) is 2.90. The molecular weight excluding hydrogens is 291 g/mol. The molecule has 9 heteroatoms. The predicted molar refractivity (Wildman–Crippen MR) is 66.4 cm³/mol. The Morgan fingerprint density at radius 1 is 1.30 bits per heavy atom. The van der Waals surface area contributed by atoms with E-state index in [1.54, 1.807) is 0 Å². The van der Waals surface area contributed by atoms with Crippen LogP contribution in [0.3, 0.4) is 0 Å². The zero-order valence-electron chi connectivity index (χ0n) is 11.9. The number of esters is 1. The molecule has 2 aliphatic heterocycles. The highest BCUT2D eigenvalue weighted by Gasteiger charge is 2.68. The number of methoxy groups -OCH3 is 1. The fraction of sp³-hybridized carbons (Fsp3) is 0.909. The van der Waals surface area contributed by atoms with Crippen molar-refractivity contribution in [2.75, 3.05) is 34.1 Å². The summed E-state index contributed by atoms with van der Waals surface area (Å²) in [6.07, 6.45) is -1.06. The number of carbonyl (C=O) groups excluding carboxylic acids is 1. The molecule has 0 bridgehead atoms. The molecule has 4 atom stereocenters. The average molecular weight is 310 g/mol. The molecule has 2 fully saturated rings. The molecule has 2 saturated heterocycles. The van der Waals surface area contributed by atoms with Crippen LogP contribution in [-0.2, 0) is 37.4 Å². The van der Waals surface area contributed by atoms with Crippen LogP contribution < -0.4 is 0 Å². The van der Waals surface area contributed by atoms with E-state index in [1.807, 2.05) is 0 Å². The van der Waals surface area contributed by atoms with E-state index in [0.717, 1.165) is 0 Å². The highest BCUT2D eigenvalue weighted by molar-refractivity contribution is 7.53. The molecule has 0 unspecified atom stereocenters. The van der Waals surface area contributed by atoms with Crippen LogP contribution in [-0.4, -0.2) is 64.2 Å². The second kappa shape index (κ2) is 5.71. The Hall–Kier alpha value is -0.500. The second-order valence-corrected chi connectivity index (χ2v) is 6.95. The van der Waals surface area contributed by atoms with Crippen LogP contribution in [0.2, 0.25) is 0 Å². The molecule has 2 aliphatic rings. The Kier molecular flexibility index (Phi) is 4.53. The van der Waals surface area contributed by atoms with Gasteiger partial charge in [-0.1, -0.05) is 0 Å². The summed E-state index contributed by atoms with van der Waals surface area (Å²) in [4.78, 5) is 10.9. The Labute approximate surface area is 117 Å². The van der Waals surface area contributed by atoms with E-state index in [-0.39, 0.29) is 25.0 Å². The van der Waals surface area contributed by atoms with Crippen molar-refractivity contribution in [3.05, 3.63) is 0 Å². The molecule has 0 saturated carbocycles. The van der Waals surface area contributed by atoms with Crippen LogP contribution in [0.4, 0.5) is 0 Å². The van der Waals surface area contributed by atoms with E-state index >= 15 is 0 Å². The van der Waals surface area contributed by atoms with Crippen LogP contribution >= 0.6 is 7.60 Å². The molecular formula is C11H19O8P. The minimum atomic E-state index is -3.21. The number of rotatable bonds is 7. The van der Waals surface area contributed by atoms with Gasteiger partial charge in [-0.15, -0.1) is 0 Å². The minimum Gasteiger partial charge on any atom is -0.460 e. The molecule has 2 rings (SSSR count). The standard InChI is InChI=1S/C11H19O8P/c1-7(12)17-6-11(14-2)10-9(18-10)8(19-11)5-20(13,15-3)16-4/h8-10H,5-6H2,1-4H3/t8-,9+,10+,11+/m1/s1. The van der Waals surface area contributed by atoms with Crippen LogP contribution in [0.25, 0.3) is 0 Å². The van der Waals surface area contributed by atoms with Gasteiger partial charge in [-0.3, -0.25) is 9.36 Å². The summed E-state index contributed by atoms with van der Waals surface area (Å²) in [5, 5.41) is 0. The van der Waals surface area contributed by atoms with Gasteiger partial charge in [0.1, 0.15) is 24.9 Å². The molecule has 0 N–H and O–H groups in total. The molecule has 0 aromatic carbocycles. The second-order valence-electron chi connectivity index (χ2n) is 4.63. The van der Waals surface area contributed by atoms with Crippen LogP contribution in [0.5, 0.6) is 0 Å². The average Bonchev–Trinajstić information content (AvgIpc) is 3.18. The van der Waals surface area contributed by atoms with Gasteiger partial charge in [0.2, 0.25) is 5.79 Å². The van der Waals surface area contributed by atoms with Crippen molar-refractivity contribution < 1.29 is 37.4 Å². The zero-order chi connectivity index (χ0) is 15.0. The molecule has 20 heavy (non-hydrogen) atoms. The van der Waals surface area contributed by atoms with Crippen LogP contribution in [0.15, 0.2) is 0 Å². The molecule has 0 amide bonds. The van der Waals surface area contributed by atoms with E-state index < -0.39 is 25.5 Å². The maximum Gasteiger partial charge on any atom is 0.332 e. The summed E-state index contributed by atoms with van der Waals surface area (Å²) in [6.45, 7) is 1.21. The van der Waals surface area contributed by atoms with Gasteiger partial charge in [0.05, 0.1) is 6.16 Å². The van der Waals surface area contributed by atoms with Gasteiger partial charge in [-0.25, -0.2) is 0 Å².